The highest BCUT2D eigenvalue weighted by molar-refractivity contribution is 6.10. The van der Waals surface area contributed by atoms with Gasteiger partial charge in [0.2, 0.25) is 5.91 Å². The Morgan fingerprint density at radius 1 is 1.13 bits per heavy atom. The first-order valence-corrected chi connectivity index (χ1v) is 11.0. The quantitative estimate of drug-likeness (QED) is 0.744. The van der Waals surface area contributed by atoms with Crippen LogP contribution in [0.1, 0.15) is 43.7 Å². The number of aryl methyl sites for hydroxylation is 1. The van der Waals surface area contributed by atoms with E-state index in [1.165, 1.54) is 0 Å². The molecule has 2 aromatic rings. The Bertz CT molecular complexity index is 991. The van der Waals surface area contributed by atoms with Gasteiger partial charge in [0.25, 0.3) is 5.91 Å². The molecule has 1 aliphatic heterocycles. The van der Waals surface area contributed by atoms with Crippen LogP contribution in [-0.2, 0) is 16.1 Å². The van der Waals surface area contributed by atoms with Gasteiger partial charge in [-0.1, -0.05) is 62.2 Å². The van der Waals surface area contributed by atoms with Crippen LogP contribution in [0.3, 0.4) is 0 Å². The Morgan fingerprint density at radius 3 is 2.61 bits per heavy atom. The molecule has 2 atom stereocenters. The lowest BCUT2D eigenvalue weighted by molar-refractivity contribution is -0.136. The number of benzene rings is 2. The zero-order valence-electron chi connectivity index (χ0n) is 18.1. The van der Waals surface area contributed by atoms with Crippen LogP contribution in [0.2, 0.25) is 0 Å². The van der Waals surface area contributed by atoms with Crippen LogP contribution >= 0.6 is 0 Å². The number of urea groups is 1. The normalized spacial score (nSPS) is 23.2. The first kappa shape index (κ1) is 21.1. The third-order valence-electron chi connectivity index (χ3n) is 6.59. The van der Waals surface area contributed by atoms with Crippen molar-refractivity contribution >= 4 is 23.5 Å². The molecular weight excluding hydrogens is 390 g/mol. The lowest BCUT2D eigenvalue weighted by atomic mass is 9.73. The molecule has 2 aromatic carbocycles. The Hall–Kier alpha value is -3.15. The maximum absolute atomic E-state index is 13.4. The van der Waals surface area contributed by atoms with Gasteiger partial charge in [-0.05, 0) is 48.9 Å². The molecular formula is C25H29N3O3. The van der Waals surface area contributed by atoms with Crippen LogP contribution < -0.4 is 10.2 Å². The molecule has 1 spiro atoms. The van der Waals surface area contributed by atoms with Crippen LogP contribution in [0.25, 0.3) is 0 Å². The van der Waals surface area contributed by atoms with E-state index in [1.807, 2.05) is 68.4 Å². The third kappa shape index (κ3) is 4.07. The summed E-state index contributed by atoms with van der Waals surface area (Å²) in [5, 5.41) is 2.93. The summed E-state index contributed by atoms with van der Waals surface area (Å²) in [6, 6.07) is 17.0. The summed E-state index contributed by atoms with van der Waals surface area (Å²) in [6.45, 7) is 4.09. The molecule has 0 aromatic heterocycles. The van der Waals surface area contributed by atoms with E-state index in [4.69, 9.17) is 0 Å². The van der Waals surface area contributed by atoms with Crippen molar-refractivity contribution in [3.8, 4) is 0 Å². The molecule has 4 amide bonds. The number of carbonyl (C=O) groups is 3. The number of carbonyl (C=O) groups excluding carboxylic acids is 3. The van der Waals surface area contributed by atoms with Crippen molar-refractivity contribution in [1.29, 1.82) is 0 Å². The monoisotopic (exact) mass is 419 g/mol. The molecule has 4 rings (SSSR count). The number of nitrogens with one attached hydrogen (secondary N) is 1. The van der Waals surface area contributed by atoms with Gasteiger partial charge in [0.1, 0.15) is 12.1 Å². The summed E-state index contributed by atoms with van der Waals surface area (Å²) >= 11 is 0. The minimum atomic E-state index is -0.858. The maximum atomic E-state index is 13.4. The average Bonchev–Trinajstić information content (AvgIpc) is 2.99. The zero-order chi connectivity index (χ0) is 22.0. The molecule has 162 valence electrons. The molecule has 1 heterocycles. The number of imide groups is 1. The van der Waals surface area contributed by atoms with Gasteiger partial charge < -0.3 is 10.2 Å². The minimum absolute atomic E-state index is 0.0648. The second-order valence-corrected chi connectivity index (χ2v) is 8.74. The SMILES string of the molecule is Cc1cccc(N(Cc2ccccc2)C(=O)CN2C(=O)N[C@]3(CCCC[C@H]3C)C2=O)c1. The first-order valence-electron chi connectivity index (χ1n) is 11.0. The van der Waals surface area contributed by atoms with E-state index in [-0.39, 0.29) is 24.3 Å². The van der Waals surface area contributed by atoms with E-state index in [9.17, 15) is 14.4 Å². The first-order chi connectivity index (χ1) is 14.9. The van der Waals surface area contributed by atoms with Crippen molar-refractivity contribution in [2.24, 2.45) is 5.92 Å². The Labute approximate surface area is 183 Å². The van der Waals surface area contributed by atoms with E-state index < -0.39 is 11.6 Å². The maximum Gasteiger partial charge on any atom is 0.325 e. The Balaban J connectivity index is 1.58. The fourth-order valence-electron chi connectivity index (χ4n) is 4.74. The second kappa shape index (κ2) is 8.53. The summed E-state index contributed by atoms with van der Waals surface area (Å²) in [4.78, 5) is 42.2. The average molecular weight is 420 g/mol. The van der Waals surface area contributed by atoms with Gasteiger partial charge in [-0.25, -0.2) is 4.79 Å². The molecule has 6 nitrogen and oxygen atoms in total. The van der Waals surface area contributed by atoms with Crippen LogP contribution in [0.5, 0.6) is 0 Å². The molecule has 0 bridgehead atoms. The van der Waals surface area contributed by atoms with Crippen molar-refractivity contribution in [1.82, 2.24) is 10.2 Å². The van der Waals surface area contributed by atoms with Gasteiger partial charge in [-0.15, -0.1) is 0 Å². The molecule has 31 heavy (non-hydrogen) atoms. The van der Waals surface area contributed by atoms with Crippen LogP contribution in [0.4, 0.5) is 10.5 Å². The summed E-state index contributed by atoms with van der Waals surface area (Å²) in [7, 11) is 0. The highest BCUT2D eigenvalue weighted by atomic mass is 16.2. The highest BCUT2D eigenvalue weighted by Crippen LogP contribution is 2.38. The van der Waals surface area contributed by atoms with Gasteiger partial charge in [-0.2, -0.15) is 0 Å². The Morgan fingerprint density at radius 2 is 1.90 bits per heavy atom. The van der Waals surface area contributed by atoms with Crippen molar-refractivity contribution in [2.45, 2.75) is 51.6 Å². The van der Waals surface area contributed by atoms with Crippen molar-refractivity contribution in [3.05, 3.63) is 65.7 Å². The van der Waals surface area contributed by atoms with Gasteiger partial charge in [0.15, 0.2) is 0 Å². The van der Waals surface area contributed by atoms with Crippen LogP contribution in [0, 0.1) is 12.8 Å². The van der Waals surface area contributed by atoms with E-state index in [2.05, 4.69) is 5.32 Å². The number of rotatable bonds is 5. The van der Waals surface area contributed by atoms with Crippen LogP contribution in [-0.4, -0.2) is 34.8 Å². The topological polar surface area (TPSA) is 69.7 Å². The number of hydrogen-bond acceptors (Lipinski definition) is 3. The highest BCUT2D eigenvalue weighted by Gasteiger charge is 2.55. The zero-order valence-corrected chi connectivity index (χ0v) is 18.1. The molecule has 0 radical (unpaired) electrons. The lowest BCUT2D eigenvalue weighted by Crippen LogP contribution is -2.54. The number of hydrogen-bond donors (Lipinski definition) is 1. The van der Waals surface area contributed by atoms with E-state index in [0.717, 1.165) is 41.0 Å². The van der Waals surface area contributed by atoms with E-state index >= 15 is 0 Å². The van der Waals surface area contributed by atoms with Gasteiger partial charge in [0.05, 0.1) is 6.54 Å². The largest absolute Gasteiger partial charge is 0.325 e. The number of anilines is 1. The smallest absolute Gasteiger partial charge is 0.323 e. The standard InChI is InChI=1S/C25H29N3O3/c1-18-9-8-13-21(15-18)27(16-20-11-4-3-5-12-20)22(29)17-28-23(30)25(26-24(28)31)14-7-6-10-19(25)2/h3-5,8-9,11-13,15,19H,6-7,10,14,16-17H2,1-2H3,(H,26,31)/t19-,25+/m1/s1. The van der Waals surface area contributed by atoms with E-state index in [0.29, 0.717) is 13.0 Å². The fourth-order valence-corrected chi connectivity index (χ4v) is 4.74. The molecule has 2 aliphatic rings. The summed E-state index contributed by atoms with van der Waals surface area (Å²) in [5.41, 5.74) is 1.91. The van der Waals surface area contributed by atoms with Gasteiger partial charge in [0, 0.05) is 5.69 Å². The molecule has 6 heteroatoms. The molecule has 0 unspecified atom stereocenters. The molecule has 1 saturated heterocycles. The van der Waals surface area contributed by atoms with Crippen molar-refractivity contribution in [2.75, 3.05) is 11.4 Å². The molecule has 2 fully saturated rings. The predicted octanol–water partition coefficient (Wildman–Crippen LogP) is 4.03. The lowest BCUT2D eigenvalue weighted by Gasteiger charge is -2.36. The molecule has 1 N–H and O–H groups in total. The summed E-state index contributed by atoms with van der Waals surface area (Å²) in [5.74, 6) is -0.476. The number of amides is 4. The van der Waals surface area contributed by atoms with Gasteiger partial charge >= 0.3 is 6.03 Å². The Kier molecular flexibility index (Phi) is 5.81. The number of nitrogens with zero attached hydrogens (tertiary/aromatic N) is 2. The predicted molar refractivity (Wildman–Crippen MR) is 119 cm³/mol. The minimum Gasteiger partial charge on any atom is -0.323 e. The van der Waals surface area contributed by atoms with Crippen molar-refractivity contribution in [3.63, 3.8) is 0 Å². The second-order valence-electron chi connectivity index (χ2n) is 8.74. The van der Waals surface area contributed by atoms with E-state index in [1.54, 1.807) is 4.90 Å². The summed E-state index contributed by atoms with van der Waals surface area (Å²) in [6.07, 6.45) is 3.50. The third-order valence-corrected chi connectivity index (χ3v) is 6.59. The summed E-state index contributed by atoms with van der Waals surface area (Å²) < 4.78 is 0. The molecule has 1 aliphatic carbocycles. The molecule has 1 saturated carbocycles. The van der Waals surface area contributed by atoms with Crippen LogP contribution in [0.15, 0.2) is 54.6 Å². The fraction of sp³-hybridized carbons (Fsp3) is 0.400. The van der Waals surface area contributed by atoms with Crippen molar-refractivity contribution < 1.29 is 14.4 Å². The van der Waals surface area contributed by atoms with Gasteiger partial charge in [-0.3, -0.25) is 14.5 Å².